The van der Waals surface area contributed by atoms with Crippen molar-refractivity contribution in [3.63, 3.8) is 0 Å². The van der Waals surface area contributed by atoms with Crippen molar-refractivity contribution in [3.8, 4) is 5.75 Å². The molecule has 1 aliphatic carbocycles. The lowest BCUT2D eigenvalue weighted by Crippen LogP contribution is -2.46. The Morgan fingerprint density at radius 3 is 2.47 bits per heavy atom. The highest BCUT2D eigenvalue weighted by Gasteiger charge is 2.32. The van der Waals surface area contributed by atoms with Gasteiger partial charge in [-0.2, -0.15) is 0 Å². The summed E-state index contributed by atoms with van der Waals surface area (Å²) in [5.41, 5.74) is 2.82. The van der Waals surface area contributed by atoms with Gasteiger partial charge in [0, 0.05) is 57.8 Å². The summed E-state index contributed by atoms with van der Waals surface area (Å²) in [4.78, 5) is 17.8. The average Bonchev–Trinajstić information content (AvgIpc) is 3.53. The SMILES string of the molecule is CC(Cc1ccc2c(c1)CCO2)N(CC1CC1)CC1CCN(C(=O)C2CCOCC2)CC1. The molecule has 0 aromatic heterocycles. The van der Waals surface area contributed by atoms with Crippen LogP contribution in [0.25, 0.3) is 0 Å². The van der Waals surface area contributed by atoms with Gasteiger partial charge in [-0.15, -0.1) is 0 Å². The third-order valence-electron chi connectivity index (χ3n) is 8.09. The second kappa shape index (κ2) is 10.1. The van der Waals surface area contributed by atoms with Gasteiger partial charge in [0.05, 0.1) is 6.61 Å². The van der Waals surface area contributed by atoms with E-state index >= 15 is 0 Å². The normalized spacial score (nSPS) is 23.2. The van der Waals surface area contributed by atoms with Crippen LogP contribution in [-0.4, -0.2) is 67.7 Å². The summed E-state index contributed by atoms with van der Waals surface area (Å²) in [5.74, 6) is 3.28. The van der Waals surface area contributed by atoms with E-state index in [4.69, 9.17) is 9.47 Å². The highest BCUT2D eigenvalue weighted by Crippen LogP contribution is 2.33. The average molecular weight is 441 g/mol. The topological polar surface area (TPSA) is 42.0 Å². The molecule has 0 radical (unpaired) electrons. The van der Waals surface area contributed by atoms with E-state index in [2.05, 4.69) is 34.9 Å². The summed E-state index contributed by atoms with van der Waals surface area (Å²) < 4.78 is 11.1. The van der Waals surface area contributed by atoms with E-state index in [9.17, 15) is 4.79 Å². The van der Waals surface area contributed by atoms with Gasteiger partial charge in [0.25, 0.3) is 0 Å². The van der Waals surface area contributed by atoms with Crippen LogP contribution < -0.4 is 4.74 Å². The van der Waals surface area contributed by atoms with Crippen LogP contribution in [0.4, 0.5) is 0 Å². The number of rotatable bonds is 8. The first-order chi connectivity index (χ1) is 15.7. The van der Waals surface area contributed by atoms with Crippen molar-refractivity contribution in [2.45, 2.75) is 64.3 Å². The molecule has 176 valence electrons. The molecule has 3 aliphatic heterocycles. The van der Waals surface area contributed by atoms with E-state index in [-0.39, 0.29) is 5.92 Å². The molecular weight excluding hydrogens is 400 g/mol. The molecule has 3 fully saturated rings. The highest BCUT2D eigenvalue weighted by atomic mass is 16.5. The van der Waals surface area contributed by atoms with Gasteiger partial charge in [0.15, 0.2) is 0 Å². The number of hydrogen-bond acceptors (Lipinski definition) is 4. The van der Waals surface area contributed by atoms with Gasteiger partial charge in [-0.1, -0.05) is 12.1 Å². The Morgan fingerprint density at radius 1 is 1.03 bits per heavy atom. The predicted molar refractivity (Wildman–Crippen MR) is 126 cm³/mol. The molecule has 1 atom stereocenters. The van der Waals surface area contributed by atoms with Gasteiger partial charge < -0.3 is 14.4 Å². The number of hydrogen-bond donors (Lipinski definition) is 0. The smallest absolute Gasteiger partial charge is 0.225 e. The van der Waals surface area contributed by atoms with Gasteiger partial charge in [0.1, 0.15) is 5.75 Å². The fraction of sp³-hybridized carbons (Fsp3) is 0.741. The number of likely N-dealkylation sites (tertiary alicyclic amines) is 1. The zero-order valence-corrected chi connectivity index (χ0v) is 19.8. The van der Waals surface area contributed by atoms with Crippen LogP contribution >= 0.6 is 0 Å². The number of carbonyl (C=O) groups excluding carboxylic acids is 1. The standard InChI is InChI=1S/C27H40N2O3/c1-20(16-23-4-5-26-25(17-23)10-15-32-26)29(18-21-2-3-21)19-22-6-11-28(12-7-22)27(30)24-8-13-31-14-9-24/h4-5,17,20-22,24H,2-3,6-16,18-19H2,1H3. The van der Waals surface area contributed by atoms with E-state index in [1.807, 2.05) is 0 Å². The third kappa shape index (κ3) is 5.48. The van der Waals surface area contributed by atoms with Gasteiger partial charge >= 0.3 is 0 Å². The van der Waals surface area contributed by atoms with Crippen LogP contribution in [0, 0.1) is 17.8 Å². The van der Waals surface area contributed by atoms with Crippen LogP contribution in [0.5, 0.6) is 5.75 Å². The molecule has 2 saturated heterocycles. The van der Waals surface area contributed by atoms with E-state index in [0.717, 1.165) is 83.1 Å². The van der Waals surface area contributed by atoms with Gasteiger partial charge in [0.2, 0.25) is 5.91 Å². The predicted octanol–water partition coefficient (Wildman–Crippen LogP) is 3.93. The Kier molecular flexibility index (Phi) is 7.03. The minimum absolute atomic E-state index is 0.199. The number of piperidine rings is 1. The molecule has 1 aromatic rings. The van der Waals surface area contributed by atoms with Gasteiger partial charge in [-0.25, -0.2) is 0 Å². The summed E-state index contributed by atoms with van der Waals surface area (Å²) in [6.07, 6.45) is 9.07. The van der Waals surface area contributed by atoms with Crippen molar-refractivity contribution in [1.82, 2.24) is 9.80 Å². The molecule has 0 bridgehead atoms. The Bertz CT molecular complexity index is 779. The molecule has 0 spiro atoms. The molecule has 1 amide bonds. The van der Waals surface area contributed by atoms with Gasteiger partial charge in [-0.3, -0.25) is 9.69 Å². The molecule has 32 heavy (non-hydrogen) atoms. The first kappa shape index (κ1) is 22.2. The fourth-order valence-corrected chi connectivity index (χ4v) is 5.77. The number of ether oxygens (including phenoxy) is 2. The number of benzene rings is 1. The van der Waals surface area contributed by atoms with Crippen LogP contribution in [0.15, 0.2) is 18.2 Å². The first-order valence-corrected chi connectivity index (χ1v) is 13.0. The molecular formula is C27H40N2O3. The molecule has 5 heteroatoms. The largest absolute Gasteiger partial charge is 0.493 e. The van der Waals surface area contributed by atoms with Crippen molar-refractivity contribution in [3.05, 3.63) is 29.3 Å². The number of amides is 1. The van der Waals surface area contributed by atoms with Crippen molar-refractivity contribution in [1.29, 1.82) is 0 Å². The van der Waals surface area contributed by atoms with E-state index < -0.39 is 0 Å². The van der Waals surface area contributed by atoms with Crippen LogP contribution in [0.1, 0.15) is 56.6 Å². The summed E-state index contributed by atoms with van der Waals surface area (Å²) in [5, 5.41) is 0. The van der Waals surface area contributed by atoms with Crippen LogP contribution in [0.3, 0.4) is 0 Å². The fourth-order valence-electron chi connectivity index (χ4n) is 5.77. The minimum Gasteiger partial charge on any atom is -0.493 e. The zero-order chi connectivity index (χ0) is 21.9. The zero-order valence-electron chi connectivity index (χ0n) is 19.8. The lowest BCUT2D eigenvalue weighted by Gasteiger charge is -2.38. The number of nitrogens with zero attached hydrogens (tertiary/aromatic N) is 2. The Hall–Kier alpha value is -1.59. The third-order valence-corrected chi connectivity index (χ3v) is 8.09. The van der Waals surface area contributed by atoms with Crippen molar-refractivity contribution < 1.29 is 14.3 Å². The van der Waals surface area contributed by atoms with Crippen molar-refractivity contribution in [2.75, 3.05) is 46.0 Å². The highest BCUT2D eigenvalue weighted by molar-refractivity contribution is 5.79. The lowest BCUT2D eigenvalue weighted by atomic mass is 9.92. The Balaban J connectivity index is 1.14. The Morgan fingerprint density at radius 2 is 1.75 bits per heavy atom. The monoisotopic (exact) mass is 440 g/mol. The summed E-state index contributed by atoms with van der Waals surface area (Å²) in [7, 11) is 0. The summed E-state index contributed by atoms with van der Waals surface area (Å²) in [6.45, 7) is 9.06. The quantitative estimate of drug-likeness (QED) is 0.614. The minimum atomic E-state index is 0.199. The maximum atomic E-state index is 12.9. The number of carbonyl (C=O) groups is 1. The molecule has 1 unspecified atom stereocenters. The maximum Gasteiger partial charge on any atom is 0.225 e. The summed E-state index contributed by atoms with van der Waals surface area (Å²) >= 11 is 0. The van der Waals surface area contributed by atoms with E-state index in [1.165, 1.54) is 37.1 Å². The van der Waals surface area contributed by atoms with E-state index in [0.29, 0.717) is 17.9 Å². The lowest BCUT2D eigenvalue weighted by molar-refractivity contribution is -0.140. The second-order valence-corrected chi connectivity index (χ2v) is 10.6. The van der Waals surface area contributed by atoms with E-state index in [1.54, 1.807) is 0 Å². The molecule has 1 aromatic carbocycles. The summed E-state index contributed by atoms with van der Waals surface area (Å²) in [6, 6.07) is 7.35. The molecule has 0 N–H and O–H groups in total. The first-order valence-electron chi connectivity index (χ1n) is 13.0. The van der Waals surface area contributed by atoms with Crippen LogP contribution in [-0.2, 0) is 22.4 Å². The second-order valence-electron chi connectivity index (χ2n) is 10.6. The maximum absolute atomic E-state index is 12.9. The molecule has 5 rings (SSSR count). The molecule has 5 nitrogen and oxygen atoms in total. The van der Waals surface area contributed by atoms with Crippen molar-refractivity contribution >= 4 is 5.91 Å². The number of fused-ring (bicyclic) bond motifs is 1. The molecule has 3 heterocycles. The van der Waals surface area contributed by atoms with Gasteiger partial charge in [-0.05, 0) is 80.9 Å². The Labute approximate surface area is 193 Å². The van der Waals surface area contributed by atoms with Crippen molar-refractivity contribution in [2.24, 2.45) is 17.8 Å². The molecule has 1 saturated carbocycles. The van der Waals surface area contributed by atoms with Crippen LogP contribution in [0.2, 0.25) is 0 Å². The molecule has 4 aliphatic rings.